The smallest absolute Gasteiger partial charge is 0.405 e. The van der Waals surface area contributed by atoms with Crippen molar-refractivity contribution >= 4 is 12.0 Å². The largest absolute Gasteiger partial charge is 0.436 e. The molecule has 2 unspecified atom stereocenters. The second-order valence-corrected chi connectivity index (χ2v) is 2.65. The molecule has 0 fully saturated rings. The van der Waals surface area contributed by atoms with Crippen molar-refractivity contribution in [2.45, 2.75) is 26.4 Å². The van der Waals surface area contributed by atoms with Gasteiger partial charge in [-0.05, 0) is 6.42 Å². The Balaban J connectivity index is 4.22. The van der Waals surface area contributed by atoms with Crippen LogP contribution in [0.2, 0.25) is 0 Å². The molecule has 0 saturated heterocycles. The van der Waals surface area contributed by atoms with Gasteiger partial charge in [-0.25, -0.2) is 4.79 Å². The van der Waals surface area contributed by atoms with Crippen LogP contribution >= 0.6 is 0 Å². The zero-order chi connectivity index (χ0) is 9.72. The van der Waals surface area contributed by atoms with Crippen LogP contribution in [0.1, 0.15) is 20.3 Å². The summed E-state index contributed by atoms with van der Waals surface area (Å²) in [6.45, 7) is 3.63. The second kappa shape index (κ2) is 4.58. The zero-order valence-corrected chi connectivity index (χ0v) is 7.24. The Bertz CT molecular complexity index is 181. The first-order chi connectivity index (χ1) is 5.49. The van der Waals surface area contributed by atoms with Crippen molar-refractivity contribution in [3.63, 3.8) is 0 Å². The Morgan fingerprint density at radius 2 is 1.92 bits per heavy atom. The number of ether oxygens (including phenoxy) is 1. The summed E-state index contributed by atoms with van der Waals surface area (Å²) in [5.74, 6) is -0.766. The topological polar surface area (TPSA) is 95.4 Å². The first-order valence-corrected chi connectivity index (χ1v) is 3.74. The lowest BCUT2D eigenvalue weighted by Gasteiger charge is -2.18. The average molecular weight is 174 g/mol. The van der Waals surface area contributed by atoms with Crippen LogP contribution in [0.4, 0.5) is 4.79 Å². The van der Waals surface area contributed by atoms with Crippen molar-refractivity contribution < 1.29 is 14.3 Å². The Morgan fingerprint density at radius 1 is 1.42 bits per heavy atom. The fourth-order valence-electron chi connectivity index (χ4n) is 0.794. The van der Waals surface area contributed by atoms with E-state index < -0.39 is 18.1 Å². The number of hydrogen-bond acceptors (Lipinski definition) is 3. The number of primary amides is 2. The van der Waals surface area contributed by atoms with Crippen molar-refractivity contribution in [2.75, 3.05) is 0 Å². The molecule has 0 aliphatic carbocycles. The molecule has 4 N–H and O–H groups in total. The van der Waals surface area contributed by atoms with Crippen LogP contribution in [-0.4, -0.2) is 18.1 Å². The maximum atomic E-state index is 10.7. The van der Waals surface area contributed by atoms with Crippen LogP contribution < -0.4 is 11.5 Å². The Kier molecular flexibility index (Phi) is 4.10. The summed E-state index contributed by atoms with van der Waals surface area (Å²) < 4.78 is 4.53. The molecule has 0 aliphatic heterocycles. The number of carbonyl (C=O) groups excluding carboxylic acids is 2. The van der Waals surface area contributed by atoms with Gasteiger partial charge in [0.25, 0.3) is 5.91 Å². The molecule has 0 aromatic rings. The minimum atomic E-state index is -0.973. The molecular formula is C7H14N2O3. The molecular weight excluding hydrogens is 160 g/mol. The van der Waals surface area contributed by atoms with Crippen LogP contribution in [0.3, 0.4) is 0 Å². The van der Waals surface area contributed by atoms with Crippen molar-refractivity contribution in [3.05, 3.63) is 0 Å². The van der Waals surface area contributed by atoms with E-state index in [-0.39, 0.29) is 5.92 Å². The van der Waals surface area contributed by atoms with Crippen LogP contribution in [0.25, 0.3) is 0 Å². The zero-order valence-electron chi connectivity index (χ0n) is 7.24. The maximum Gasteiger partial charge on any atom is 0.405 e. The van der Waals surface area contributed by atoms with E-state index in [1.165, 1.54) is 0 Å². The number of nitrogens with two attached hydrogens (primary N) is 2. The summed E-state index contributed by atoms with van der Waals surface area (Å²) in [5.41, 5.74) is 9.74. The third-order valence-corrected chi connectivity index (χ3v) is 1.68. The van der Waals surface area contributed by atoms with E-state index in [2.05, 4.69) is 4.74 Å². The normalized spacial score (nSPS) is 14.8. The lowest BCUT2D eigenvalue weighted by atomic mass is 10.0. The molecule has 0 saturated carbocycles. The van der Waals surface area contributed by atoms with Crippen molar-refractivity contribution in [2.24, 2.45) is 17.4 Å². The lowest BCUT2D eigenvalue weighted by molar-refractivity contribution is -0.128. The number of amides is 2. The van der Waals surface area contributed by atoms with E-state index >= 15 is 0 Å². The molecule has 0 rings (SSSR count). The summed E-state index contributed by atoms with van der Waals surface area (Å²) in [6.07, 6.45) is -1.19. The highest BCUT2D eigenvalue weighted by Crippen LogP contribution is 2.10. The lowest BCUT2D eigenvalue weighted by Crippen LogP contribution is -2.39. The Hall–Kier alpha value is -1.26. The second-order valence-electron chi connectivity index (χ2n) is 2.65. The molecule has 0 radical (unpaired) electrons. The van der Waals surface area contributed by atoms with Gasteiger partial charge in [-0.3, -0.25) is 4.79 Å². The van der Waals surface area contributed by atoms with Gasteiger partial charge in [0.1, 0.15) is 0 Å². The van der Waals surface area contributed by atoms with E-state index in [1.807, 2.05) is 6.92 Å². The monoisotopic (exact) mass is 174 g/mol. The fraction of sp³-hybridized carbons (Fsp3) is 0.714. The highest BCUT2D eigenvalue weighted by Gasteiger charge is 2.24. The summed E-state index contributed by atoms with van der Waals surface area (Å²) in [6, 6.07) is 0. The molecule has 0 aromatic heterocycles. The standard InChI is InChI=1S/C7H14N2O3/c1-3-4(2)5(6(8)10)12-7(9)11/h4-5H,3H2,1-2H3,(H2,8,10)(H2,9,11). The van der Waals surface area contributed by atoms with Gasteiger partial charge >= 0.3 is 6.09 Å². The molecule has 5 nitrogen and oxygen atoms in total. The molecule has 0 aromatic carbocycles. The summed E-state index contributed by atoms with van der Waals surface area (Å²) >= 11 is 0. The predicted molar refractivity (Wildman–Crippen MR) is 43.1 cm³/mol. The molecule has 5 heteroatoms. The minimum absolute atomic E-state index is 0.102. The molecule has 2 atom stereocenters. The number of hydrogen-bond donors (Lipinski definition) is 2. The first kappa shape index (κ1) is 10.7. The maximum absolute atomic E-state index is 10.7. The van der Waals surface area contributed by atoms with Gasteiger partial charge in [0.15, 0.2) is 6.10 Å². The van der Waals surface area contributed by atoms with E-state index in [1.54, 1.807) is 6.92 Å². The van der Waals surface area contributed by atoms with E-state index in [9.17, 15) is 9.59 Å². The summed E-state index contributed by atoms with van der Waals surface area (Å²) in [4.78, 5) is 21.1. The highest BCUT2D eigenvalue weighted by atomic mass is 16.6. The van der Waals surface area contributed by atoms with Crippen LogP contribution in [0, 0.1) is 5.92 Å². The van der Waals surface area contributed by atoms with Crippen LogP contribution in [0.15, 0.2) is 0 Å². The van der Waals surface area contributed by atoms with Gasteiger partial charge in [-0.2, -0.15) is 0 Å². The SMILES string of the molecule is CCC(C)C(OC(N)=O)C(N)=O. The first-order valence-electron chi connectivity index (χ1n) is 3.74. The molecule has 0 bridgehead atoms. The van der Waals surface area contributed by atoms with Gasteiger partial charge < -0.3 is 16.2 Å². The molecule has 0 heterocycles. The van der Waals surface area contributed by atoms with E-state index in [0.717, 1.165) is 0 Å². The molecule has 0 aliphatic rings. The number of carbonyl (C=O) groups is 2. The molecule has 0 spiro atoms. The predicted octanol–water partition coefficient (Wildman–Crippen LogP) is -0.0183. The Labute approximate surface area is 71.0 Å². The van der Waals surface area contributed by atoms with Gasteiger partial charge in [0.2, 0.25) is 0 Å². The molecule has 2 amide bonds. The van der Waals surface area contributed by atoms with E-state index in [0.29, 0.717) is 6.42 Å². The van der Waals surface area contributed by atoms with Crippen LogP contribution in [0.5, 0.6) is 0 Å². The minimum Gasteiger partial charge on any atom is -0.436 e. The quantitative estimate of drug-likeness (QED) is 0.627. The molecule has 12 heavy (non-hydrogen) atoms. The van der Waals surface area contributed by atoms with Gasteiger partial charge in [0, 0.05) is 5.92 Å². The van der Waals surface area contributed by atoms with Crippen molar-refractivity contribution in [1.29, 1.82) is 0 Å². The summed E-state index contributed by atoms with van der Waals surface area (Å²) in [5, 5.41) is 0. The van der Waals surface area contributed by atoms with Gasteiger partial charge in [-0.15, -0.1) is 0 Å². The summed E-state index contributed by atoms with van der Waals surface area (Å²) in [7, 11) is 0. The highest BCUT2D eigenvalue weighted by molar-refractivity contribution is 5.81. The fourth-order valence-corrected chi connectivity index (χ4v) is 0.794. The van der Waals surface area contributed by atoms with E-state index in [4.69, 9.17) is 11.5 Å². The van der Waals surface area contributed by atoms with Crippen LogP contribution in [-0.2, 0) is 9.53 Å². The average Bonchev–Trinajstić information content (AvgIpc) is 1.98. The van der Waals surface area contributed by atoms with Crippen molar-refractivity contribution in [1.82, 2.24) is 0 Å². The van der Waals surface area contributed by atoms with Crippen molar-refractivity contribution in [3.8, 4) is 0 Å². The third-order valence-electron chi connectivity index (χ3n) is 1.68. The van der Waals surface area contributed by atoms with Gasteiger partial charge in [0.05, 0.1) is 0 Å². The third kappa shape index (κ3) is 3.23. The Morgan fingerprint density at radius 3 is 2.17 bits per heavy atom. The van der Waals surface area contributed by atoms with Gasteiger partial charge in [-0.1, -0.05) is 13.8 Å². The number of rotatable bonds is 4. The molecule has 70 valence electrons.